The highest BCUT2D eigenvalue weighted by Gasteiger charge is 2.19. The topological polar surface area (TPSA) is 3.24 Å². The highest BCUT2D eigenvalue weighted by atomic mass is 15.3. The first-order valence-electron chi connectivity index (χ1n) is 25.7. The molecule has 0 aliphatic carbocycles. The number of hydrogen-bond donors (Lipinski definition) is 0. The number of quaternary nitrogens is 3. The van der Waals surface area contributed by atoms with Crippen molar-refractivity contribution in [2.75, 3.05) is 101 Å². The van der Waals surface area contributed by atoms with Gasteiger partial charge in [0.2, 0.25) is 0 Å². The summed E-state index contributed by atoms with van der Waals surface area (Å²) < 4.78 is 3.61. The molecule has 0 rings (SSSR count). The summed E-state index contributed by atoms with van der Waals surface area (Å²) in [5.74, 6) is 0. The first kappa shape index (κ1) is 54.8. The third-order valence-electron chi connectivity index (χ3n) is 13.1. The number of nitrogens with zero attached hydrogens (tertiary/aromatic N) is 4. The maximum atomic E-state index is 2.88. The first-order chi connectivity index (χ1) is 26.5. The molecule has 0 atom stereocenters. The molecule has 0 saturated heterocycles. The second-order valence-corrected chi connectivity index (χ2v) is 20.6. The van der Waals surface area contributed by atoms with Crippen LogP contribution >= 0.6 is 0 Å². The molecule has 0 heterocycles. The Labute approximate surface area is 351 Å². The van der Waals surface area contributed by atoms with Crippen LogP contribution in [0.5, 0.6) is 0 Å². The Kier molecular flexibility index (Phi) is 38.0. The van der Waals surface area contributed by atoms with E-state index in [0.29, 0.717) is 0 Å². The van der Waals surface area contributed by atoms with Crippen LogP contribution in [0.1, 0.15) is 233 Å². The van der Waals surface area contributed by atoms with Crippen LogP contribution in [-0.2, 0) is 0 Å². The predicted octanol–water partition coefficient (Wildman–Crippen LogP) is 14.5. The van der Waals surface area contributed by atoms with Crippen molar-refractivity contribution in [3.8, 4) is 0 Å². The van der Waals surface area contributed by atoms with Gasteiger partial charge in [-0.1, -0.05) is 175 Å². The summed E-state index contributed by atoms with van der Waals surface area (Å²) in [6.45, 7) is 18.9. The van der Waals surface area contributed by atoms with Gasteiger partial charge >= 0.3 is 0 Å². The molecule has 0 N–H and O–H groups in total. The summed E-state index contributed by atoms with van der Waals surface area (Å²) in [5, 5.41) is 0. The zero-order valence-corrected chi connectivity index (χ0v) is 40.5. The lowest BCUT2D eigenvalue weighted by atomic mass is 10.1. The van der Waals surface area contributed by atoms with Gasteiger partial charge in [0.1, 0.15) is 0 Å². The van der Waals surface area contributed by atoms with Crippen LogP contribution in [0.3, 0.4) is 0 Å². The Bertz CT molecular complexity index is 662. The van der Waals surface area contributed by atoms with Crippen molar-refractivity contribution in [2.24, 2.45) is 0 Å². The van der Waals surface area contributed by atoms with Crippen LogP contribution in [-0.4, -0.2) is 120 Å². The lowest BCUT2D eigenvalue weighted by Gasteiger charge is -2.34. The van der Waals surface area contributed by atoms with Crippen molar-refractivity contribution >= 4 is 0 Å². The molecule has 332 valence electrons. The van der Waals surface area contributed by atoms with E-state index in [0.717, 1.165) is 0 Å². The van der Waals surface area contributed by atoms with E-state index in [4.69, 9.17) is 0 Å². The van der Waals surface area contributed by atoms with E-state index in [1.165, 1.54) is 284 Å². The minimum atomic E-state index is 1.20. The molecule has 0 aromatic rings. The summed E-state index contributed by atoms with van der Waals surface area (Å²) in [6.07, 6.45) is 47.1. The molecular weight excluding hydrogens is 669 g/mol. The summed E-state index contributed by atoms with van der Waals surface area (Å²) >= 11 is 0. The number of rotatable bonds is 45. The molecule has 0 amide bonds. The average Bonchev–Trinajstić information content (AvgIpc) is 3.13. The van der Waals surface area contributed by atoms with Gasteiger partial charge in [0.05, 0.1) is 81.6 Å². The maximum Gasteiger partial charge on any atom is 0.0794 e. The molecule has 0 radical (unpaired) electrons. The van der Waals surface area contributed by atoms with Gasteiger partial charge in [0.15, 0.2) is 0 Å². The van der Waals surface area contributed by atoms with Crippen LogP contribution in [0.2, 0.25) is 0 Å². The Morgan fingerprint density at radius 2 is 0.382 bits per heavy atom. The smallest absolute Gasteiger partial charge is 0.0794 e. The molecule has 0 aromatic heterocycles. The highest BCUT2D eigenvalue weighted by molar-refractivity contribution is 4.60. The monoisotopic (exact) mass is 780 g/mol. The van der Waals surface area contributed by atoms with Crippen LogP contribution in [0.15, 0.2) is 0 Å². The lowest BCUT2D eigenvalue weighted by molar-refractivity contribution is -0.891. The molecule has 0 saturated carbocycles. The predicted molar refractivity (Wildman–Crippen MR) is 251 cm³/mol. The zero-order valence-electron chi connectivity index (χ0n) is 40.5. The molecular formula is C51H111N4+3. The average molecular weight is 780 g/mol. The molecule has 55 heavy (non-hydrogen) atoms. The van der Waals surface area contributed by atoms with E-state index in [2.05, 4.69) is 68.0 Å². The molecule has 4 nitrogen and oxygen atoms in total. The van der Waals surface area contributed by atoms with E-state index >= 15 is 0 Å². The largest absolute Gasteiger partial charge is 0.328 e. The van der Waals surface area contributed by atoms with Crippen molar-refractivity contribution in [3.05, 3.63) is 0 Å². The van der Waals surface area contributed by atoms with Gasteiger partial charge in [-0.25, -0.2) is 0 Å². The fraction of sp³-hybridized carbons (Fsp3) is 1.00. The summed E-state index contributed by atoms with van der Waals surface area (Å²) in [5.41, 5.74) is 0. The van der Waals surface area contributed by atoms with E-state index in [9.17, 15) is 0 Å². The van der Waals surface area contributed by atoms with Crippen LogP contribution in [0, 0.1) is 0 Å². The minimum Gasteiger partial charge on any atom is -0.328 e. The van der Waals surface area contributed by atoms with Crippen LogP contribution < -0.4 is 0 Å². The molecule has 0 bridgehead atoms. The molecule has 0 unspecified atom stereocenters. The summed E-state index contributed by atoms with van der Waals surface area (Å²) in [7, 11) is 15.0. The Morgan fingerprint density at radius 1 is 0.218 bits per heavy atom. The van der Waals surface area contributed by atoms with E-state index in [1.54, 1.807) is 0 Å². The van der Waals surface area contributed by atoms with Crippen molar-refractivity contribution < 1.29 is 13.4 Å². The lowest BCUT2D eigenvalue weighted by Crippen LogP contribution is -2.45. The number of hydrogen-bond acceptors (Lipinski definition) is 1. The third kappa shape index (κ3) is 40.4. The fourth-order valence-electron chi connectivity index (χ4n) is 8.92. The Hall–Kier alpha value is -0.160. The third-order valence-corrected chi connectivity index (χ3v) is 13.1. The molecule has 4 heteroatoms. The number of unbranched alkanes of at least 4 members (excludes halogenated alkanes) is 27. The van der Waals surface area contributed by atoms with Gasteiger partial charge < -0.3 is 18.3 Å². The fourth-order valence-corrected chi connectivity index (χ4v) is 8.92. The van der Waals surface area contributed by atoms with Gasteiger partial charge in [-0.2, -0.15) is 0 Å². The van der Waals surface area contributed by atoms with Gasteiger partial charge in [0, 0.05) is 38.9 Å². The Morgan fingerprint density at radius 3 is 0.582 bits per heavy atom. The van der Waals surface area contributed by atoms with Crippen LogP contribution in [0.4, 0.5) is 0 Å². The van der Waals surface area contributed by atoms with Crippen molar-refractivity contribution in [1.82, 2.24) is 4.90 Å². The maximum absolute atomic E-state index is 2.88. The molecule has 0 spiro atoms. The van der Waals surface area contributed by atoms with Crippen LogP contribution in [0.25, 0.3) is 0 Å². The molecule has 0 aromatic carbocycles. The summed E-state index contributed by atoms with van der Waals surface area (Å²) in [4.78, 5) is 2.88. The van der Waals surface area contributed by atoms with Gasteiger partial charge in [0.25, 0.3) is 0 Å². The van der Waals surface area contributed by atoms with E-state index in [-0.39, 0.29) is 0 Å². The van der Waals surface area contributed by atoms with E-state index < -0.39 is 0 Å². The zero-order chi connectivity index (χ0) is 40.8. The van der Waals surface area contributed by atoms with Gasteiger partial charge in [-0.05, 0) is 38.5 Å². The normalized spacial score (nSPS) is 12.8. The SMILES string of the molecule is CCCCCCCCCCCC[N+](C)(C)CCCN(CCC[N+](C)(C)CCCCCCCCCCCC)CCC[N+](C)(C)CCCCCCCCCCCC. The van der Waals surface area contributed by atoms with E-state index in [1.807, 2.05) is 0 Å². The second kappa shape index (κ2) is 38.1. The van der Waals surface area contributed by atoms with Crippen molar-refractivity contribution in [3.63, 3.8) is 0 Å². The second-order valence-electron chi connectivity index (χ2n) is 20.6. The highest BCUT2D eigenvalue weighted by Crippen LogP contribution is 2.16. The first-order valence-corrected chi connectivity index (χ1v) is 25.7. The van der Waals surface area contributed by atoms with Gasteiger partial charge in [-0.3, -0.25) is 0 Å². The van der Waals surface area contributed by atoms with Crippen molar-refractivity contribution in [1.29, 1.82) is 0 Å². The minimum absolute atomic E-state index is 1.20. The molecule has 0 aliphatic heterocycles. The molecule has 0 fully saturated rings. The molecule has 0 aliphatic rings. The quantitative estimate of drug-likeness (QED) is 0.0439. The standard InChI is InChI=1S/C51H111N4/c1-10-13-16-19-22-25-28-31-34-37-46-53(4,5)49-40-43-52(44-41-50-54(6,7)47-38-35-32-29-26-23-20-17-14-11-2)45-42-51-55(8,9)48-39-36-33-30-27-24-21-18-15-12-3/h10-51H2,1-9H3/q+3. The summed E-state index contributed by atoms with van der Waals surface area (Å²) in [6, 6.07) is 0. The van der Waals surface area contributed by atoms with Gasteiger partial charge in [-0.15, -0.1) is 0 Å². The van der Waals surface area contributed by atoms with Crippen molar-refractivity contribution in [2.45, 2.75) is 233 Å². The Balaban J connectivity index is 4.62.